The number of hydrogen-bond donors (Lipinski definition) is 1. The number of benzene rings is 2. The molecule has 2 aromatic carbocycles. The van der Waals surface area contributed by atoms with Crippen LogP contribution in [0.5, 0.6) is 5.75 Å². The Balaban J connectivity index is 0.000000215. The Morgan fingerprint density at radius 1 is 1.09 bits per heavy atom. The highest BCUT2D eigenvalue weighted by Gasteiger charge is 2.11. The summed E-state index contributed by atoms with van der Waals surface area (Å²) >= 11 is 0. The third-order valence-electron chi connectivity index (χ3n) is 5.91. The molecule has 1 fully saturated rings. The highest BCUT2D eigenvalue weighted by Crippen LogP contribution is 2.30. The van der Waals surface area contributed by atoms with Crippen molar-refractivity contribution in [3.63, 3.8) is 0 Å². The molecule has 2 aromatic rings. The van der Waals surface area contributed by atoms with Gasteiger partial charge in [-0.2, -0.15) is 0 Å². The highest BCUT2D eigenvalue weighted by atomic mass is 16.5. The fraction of sp³-hybridized carbons (Fsp3) is 0.333. The number of rotatable bonds is 7. The molecule has 0 saturated carbocycles. The normalized spacial score (nSPS) is 17.4. The number of aromatic hydroxyl groups is 1. The van der Waals surface area contributed by atoms with Crippen LogP contribution in [0.3, 0.4) is 0 Å². The first-order chi connectivity index (χ1) is 16.7. The number of phenols is 1. The molecule has 0 atom stereocenters. The molecule has 4 heteroatoms. The van der Waals surface area contributed by atoms with E-state index in [0.29, 0.717) is 5.75 Å². The van der Waals surface area contributed by atoms with Gasteiger partial charge in [-0.1, -0.05) is 67.3 Å². The summed E-state index contributed by atoms with van der Waals surface area (Å²) in [7, 11) is 0. The smallest absolute Gasteiger partial charge is 0.116 e. The number of hydrogen-bond acceptors (Lipinski definition) is 4. The lowest BCUT2D eigenvalue weighted by Gasteiger charge is -2.26. The summed E-state index contributed by atoms with van der Waals surface area (Å²) in [5.74, 6) is 0.291. The Morgan fingerprint density at radius 2 is 1.91 bits per heavy atom. The molecule has 34 heavy (non-hydrogen) atoms. The zero-order chi connectivity index (χ0) is 24.0. The van der Waals surface area contributed by atoms with Gasteiger partial charge >= 0.3 is 0 Å². The van der Waals surface area contributed by atoms with Gasteiger partial charge in [0.1, 0.15) is 5.75 Å². The van der Waals surface area contributed by atoms with Gasteiger partial charge in [-0.05, 0) is 65.8 Å². The van der Waals surface area contributed by atoms with Gasteiger partial charge in [-0.3, -0.25) is 4.90 Å². The fourth-order valence-corrected chi connectivity index (χ4v) is 3.99. The van der Waals surface area contributed by atoms with Crippen LogP contribution in [-0.4, -0.2) is 56.1 Å². The van der Waals surface area contributed by atoms with E-state index in [-0.39, 0.29) is 0 Å². The molecule has 0 bridgehead atoms. The maximum atomic E-state index is 9.63. The Hall–Kier alpha value is -2.92. The monoisotopic (exact) mass is 459 g/mol. The number of allylic oxidation sites excluding steroid dienone is 5. The molecule has 0 radical (unpaired) electrons. The van der Waals surface area contributed by atoms with Crippen LogP contribution in [-0.2, 0) is 15.9 Å². The number of phenolic OH excluding ortho intramolecular Hbond substituents is 1. The van der Waals surface area contributed by atoms with E-state index in [9.17, 15) is 5.11 Å². The lowest BCUT2D eigenvalue weighted by molar-refractivity contribution is 0.0234. The van der Waals surface area contributed by atoms with E-state index < -0.39 is 0 Å². The van der Waals surface area contributed by atoms with E-state index in [4.69, 9.17) is 9.47 Å². The SMILES string of the molecule is C/C=C\COCCN1CCOCC1.C=CC1=C/C(=C\c2cccc(O)c2)c2ccccc2CC1. The van der Waals surface area contributed by atoms with Crippen molar-refractivity contribution in [1.29, 1.82) is 0 Å². The summed E-state index contributed by atoms with van der Waals surface area (Å²) < 4.78 is 10.7. The molecule has 0 spiro atoms. The Morgan fingerprint density at radius 3 is 2.68 bits per heavy atom. The predicted molar refractivity (Wildman–Crippen MR) is 142 cm³/mol. The van der Waals surface area contributed by atoms with Crippen molar-refractivity contribution in [3.05, 3.63) is 102 Å². The molecule has 0 aromatic heterocycles. The van der Waals surface area contributed by atoms with Crippen LogP contribution in [0, 0.1) is 0 Å². The van der Waals surface area contributed by atoms with Gasteiger partial charge in [0.2, 0.25) is 0 Å². The van der Waals surface area contributed by atoms with Crippen LogP contribution in [0.15, 0.2) is 85.0 Å². The van der Waals surface area contributed by atoms with Crippen molar-refractivity contribution in [3.8, 4) is 5.75 Å². The van der Waals surface area contributed by atoms with E-state index in [0.717, 1.165) is 64.5 Å². The van der Waals surface area contributed by atoms with E-state index in [2.05, 4.69) is 47.9 Å². The number of ether oxygens (including phenoxy) is 2. The lowest BCUT2D eigenvalue weighted by atomic mass is 9.97. The second-order valence-electron chi connectivity index (χ2n) is 8.37. The summed E-state index contributed by atoms with van der Waals surface area (Å²) in [4.78, 5) is 2.37. The maximum Gasteiger partial charge on any atom is 0.116 e. The summed E-state index contributed by atoms with van der Waals surface area (Å²) in [6, 6.07) is 15.8. The van der Waals surface area contributed by atoms with Crippen molar-refractivity contribution >= 4 is 11.6 Å². The first-order valence-corrected chi connectivity index (χ1v) is 12.1. The van der Waals surface area contributed by atoms with Crippen LogP contribution in [0.4, 0.5) is 0 Å². The first kappa shape index (κ1) is 25.7. The molecular formula is C30H37NO3. The van der Waals surface area contributed by atoms with E-state index in [1.54, 1.807) is 12.1 Å². The minimum Gasteiger partial charge on any atom is -0.508 e. The van der Waals surface area contributed by atoms with Gasteiger partial charge in [-0.25, -0.2) is 0 Å². The Kier molecular flexibility index (Phi) is 10.9. The third-order valence-corrected chi connectivity index (χ3v) is 5.91. The van der Waals surface area contributed by atoms with Gasteiger partial charge in [0.05, 0.1) is 26.4 Å². The molecule has 1 saturated heterocycles. The number of nitrogens with zero attached hydrogens (tertiary/aromatic N) is 1. The Labute approximate surface area is 204 Å². The van der Waals surface area contributed by atoms with Gasteiger partial charge in [0.15, 0.2) is 0 Å². The molecule has 0 amide bonds. The van der Waals surface area contributed by atoms with Gasteiger partial charge in [0, 0.05) is 19.6 Å². The summed E-state index contributed by atoms with van der Waals surface area (Å²) in [6.45, 7) is 12.3. The number of morpholine rings is 1. The zero-order valence-corrected chi connectivity index (χ0v) is 20.3. The van der Waals surface area contributed by atoms with Crippen molar-refractivity contribution in [2.45, 2.75) is 19.8 Å². The summed E-state index contributed by atoms with van der Waals surface area (Å²) in [5.41, 5.74) is 6.04. The van der Waals surface area contributed by atoms with Crippen LogP contribution in [0.1, 0.15) is 30.0 Å². The molecule has 0 unspecified atom stereocenters. The minimum absolute atomic E-state index is 0.291. The molecule has 1 heterocycles. The Bertz CT molecular complexity index is 1000. The average molecular weight is 460 g/mol. The van der Waals surface area contributed by atoms with Crippen molar-refractivity contribution in [2.24, 2.45) is 0 Å². The maximum absolute atomic E-state index is 9.63. The molecule has 180 valence electrons. The molecular weight excluding hydrogens is 422 g/mol. The van der Waals surface area contributed by atoms with Crippen molar-refractivity contribution in [1.82, 2.24) is 4.90 Å². The first-order valence-electron chi connectivity index (χ1n) is 12.1. The van der Waals surface area contributed by atoms with E-state index >= 15 is 0 Å². The molecule has 4 rings (SSSR count). The molecule has 1 N–H and O–H groups in total. The quantitative estimate of drug-likeness (QED) is 0.413. The largest absolute Gasteiger partial charge is 0.508 e. The molecule has 1 aliphatic carbocycles. The summed E-state index contributed by atoms with van der Waals surface area (Å²) in [6.07, 6.45) is 12.3. The number of aryl methyl sites for hydroxylation is 1. The van der Waals surface area contributed by atoms with Crippen molar-refractivity contribution < 1.29 is 14.6 Å². The zero-order valence-electron chi connectivity index (χ0n) is 20.3. The molecule has 4 nitrogen and oxygen atoms in total. The topological polar surface area (TPSA) is 41.9 Å². The fourth-order valence-electron chi connectivity index (χ4n) is 3.99. The number of fused-ring (bicyclic) bond motifs is 1. The van der Waals surface area contributed by atoms with Crippen LogP contribution < -0.4 is 0 Å². The van der Waals surface area contributed by atoms with Gasteiger partial charge in [0.25, 0.3) is 0 Å². The van der Waals surface area contributed by atoms with Crippen LogP contribution in [0.2, 0.25) is 0 Å². The van der Waals surface area contributed by atoms with E-state index in [1.165, 1.54) is 22.3 Å². The summed E-state index contributed by atoms with van der Waals surface area (Å²) in [5, 5.41) is 9.63. The van der Waals surface area contributed by atoms with Gasteiger partial charge in [-0.15, -0.1) is 0 Å². The van der Waals surface area contributed by atoms with Crippen LogP contribution >= 0.6 is 0 Å². The average Bonchev–Trinajstić information content (AvgIpc) is 3.04. The van der Waals surface area contributed by atoms with Gasteiger partial charge < -0.3 is 14.6 Å². The molecule has 1 aliphatic heterocycles. The minimum atomic E-state index is 0.291. The third kappa shape index (κ3) is 8.45. The molecule has 2 aliphatic rings. The second-order valence-corrected chi connectivity index (χ2v) is 8.37. The predicted octanol–water partition coefficient (Wildman–Crippen LogP) is 5.90. The highest BCUT2D eigenvalue weighted by molar-refractivity contribution is 5.90. The lowest BCUT2D eigenvalue weighted by Crippen LogP contribution is -2.38. The van der Waals surface area contributed by atoms with Crippen LogP contribution in [0.25, 0.3) is 11.6 Å². The second kappa shape index (κ2) is 14.4. The standard InChI is InChI=1S/C20H18O.C10H19NO2/c1-2-15-10-11-17-7-3-4-9-20(17)18(12-15)13-16-6-5-8-19(21)14-16;1-2-3-7-12-8-4-11-5-9-13-10-6-11/h2-9,12-14,21H,1,10-11H2;2-3H,4-10H2,1H3/b18-13+;3-2-. The van der Waals surface area contributed by atoms with Crippen molar-refractivity contribution in [2.75, 3.05) is 46.1 Å². The van der Waals surface area contributed by atoms with E-state index in [1.807, 2.05) is 37.3 Å².